The van der Waals surface area contributed by atoms with E-state index in [1.165, 1.54) is 0 Å². The van der Waals surface area contributed by atoms with Gasteiger partial charge in [-0.2, -0.15) is 0 Å². The summed E-state index contributed by atoms with van der Waals surface area (Å²) in [5.74, 6) is 0.542. The Balaban J connectivity index is 1.69. The summed E-state index contributed by atoms with van der Waals surface area (Å²) in [6, 6.07) is 10.2. The van der Waals surface area contributed by atoms with Gasteiger partial charge in [0.1, 0.15) is 17.1 Å². The first-order chi connectivity index (χ1) is 13.1. The minimum atomic E-state index is -0.887. The van der Waals surface area contributed by atoms with Crippen LogP contribution in [-0.2, 0) is 4.74 Å². The van der Waals surface area contributed by atoms with Crippen molar-refractivity contribution < 1.29 is 19.1 Å². The van der Waals surface area contributed by atoms with E-state index in [-0.39, 0.29) is 5.78 Å². The van der Waals surface area contributed by atoms with E-state index in [1.807, 2.05) is 6.92 Å². The number of rotatable bonds is 7. The number of hydrogen-bond donors (Lipinski definition) is 0. The number of carbonyl (C=O) groups is 2. The Morgan fingerprint density at radius 2 is 1.85 bits per heavy atom. The quantitative estimate of drug-likeness (QED) is 0.550. The Bertz CT molecular complexity index is 798. The third kappa shape index (κ3) is 4.45. The minimum Gasteiger partial charge on any atom is -0.494 e. The van der Waals surface area contributed by atoms with Gasteiger partial charge in [0.05, 0.1) is 6.61 Å². The third-order valence-corrected chi connectivity index (χ3v) is 4.52. The first kappa shape index (κ1) is 18.9. The maximum atomic E-state index is 12.6. The predicted molar refractivity (Wildman–Crippen MR) is 103 cm³/mol. The molecule has 2 heterocycles. The molecule has 0 spiro atoms. The van der Waals surface area contributed by atoms with Crippen molar-refractivity contribution in [2.45, 2.75) is 32.8 Å². The summed E-state index contributed by atoms with van der Waals surface area (Å²) in [7, 11) is 0. The Morgan fingerprint density at radius 3 is 2.52 bits per heavy atom. The molecule has 1 unspecified atom stereocenters. The van der Waals surface area contributed by atoms with Gasteiger partial charge in [0, 0.05) is 24.8 Å². The summed E-state index contributed by atoms with van der Waals surface area (Å²) in [4.78, 5) is 31.6. The molecule has 27 heavy (non-hydrogen) atoms. The lowest BCUT2D eigenvalue weighted by atomic mass is 10.1. The average Bonchev–Trinajstić information content (AvgIpc) is 3.23. The molecule has 1 saturated heterocycles. The van der Waals surface area contributed by atoms with Crippen LogP contribution < -0.4 is 9.64 Å². The Morgan fingerprint density at radius 1 is 1.15 bits per heavy atom. The molecule has 1 aromatic heterocycles. The summed E-state index contributed by atoms with van der Waals surface area (Å²) in [6.07, 6.45) is 2.94. The van der Waals surface area contributed by atoms with Gasteiger partial charge in [-0.15, -0.1) is 0 Å². The monoisotopic (exact) mass is 368 g/mol. The van der Waals surface area contributed by atoms with Crippen molar-refractivity contribution >= 4 is 17.6 Å². The van der Waals surface area contributed by atoms with E-state index in [0.717, 1.165) is 25.9 Å². The molecule has 1 aliphatic rings. The highest BCUT2D eigenvalue weighted by molar-refractivity contribution is 6.02. The van der Waals surface area contributed by atoms with Crippen LogP contribution >= 0.6 is 0 Å². The molecule has 2 aromatic rings. The normalized spacial score (nSPS) is 14.7. The smallest absolute Gasteiger partial charge is 0.342 e. The number of carbonyl (C=O) groups excluding carboxylic acids is 2. The molecule has 0 aliphatic carbocycles. The fraction of sp³-hybridized carbons (Fsp3) is 0.381. The van der Waals surface area contributed by atoms with Crippen LogP contribution in [0, 0.1) is 0 Å². The van der Waals surface area contributed by atoms with Gasteiger partial charge in [-0.3, -0.25) is 4.79 Å². The molecular formula is C21H24N2O4. The Hall–Kier alpha value is -2.89. The Kier molecular flexibility index (Phi) is 6.06. The highest BCUT2D eigenvalue weighted by Crippen LogP contribution is 2.23. The largest absolute Gasteiger partial charge is 0.494 e. The summed E-state index contributed by atoms with van der Waals surface area (Å²) < 4.78 is 10.8. The van der Waals surface area contributed by atoms with E-state index < -0.39 is 12.1 Å². The van der Waals surface area contributed by atoms with Crippen molar-refractivity contribution in [2.24, 2.45) is 0 Å². The van der Waals surface area contributed by atoms with E-state index in [0.29, 0.717) is 29.3 Å². The molecule has 6 nitrogen and oxygen atoms in total. The van der Waals surface area contributed by atoms with Crippen molar-refractivity contribution in [1.82, 2.24) is 4.98 Å². The summed E-state index contributed by atoms with van der Waals surface area (Å²) >= 11 is 0. The van der Waals surface area contributed by atoms with Crippen molar-refractivity contribution in [2.75, 3.05) is 24.6 Å². The Labute approximate surface area is 159 Å². The van der Waals surface area contributed by atoms with E-state index in [9.17, 15) is 9.59 Å². The number of hydrogen-bond acceptors (Lipinski definition) is 6. The topological polar surface area (TPSA) is 68.7 Å². The first-order valence-corrected chi connectivity index (χ1v) is 9.28. The number of ketones is 1. The summed E-state index contributed by atoms with van der Waals surface area (Å²) in [5.41, 5.74) is 0.871. The molecule has 0 radical (unpaired) electrons. The lowest BCUT2D eigenvalue weighted by Gasteiger charge is -2.20. The van der Waals surface area contributed by atoms with Gasteiger partial charge in [0.2, 0.25) is 5.78 Å². The van der Waals surface area contributed by atoms with Gasteiger partial charge in [-0.25, -0.2) is 9.78 Å². The van der Waals surface area contributed by atoms with Crippen molar-refractivity contribution in [1.29, 1.82) is 0 Å². The average molecular weight is 368 g/mol. The van der Waals surface area contributed by atoms with Crippen LogP contribution in [0.15, 0.2) is 42.6 Å². The van der Waals surface area contributed by atoms with Crippen LogP contribution in [0.2, 0.25) is 0 Å². The zero-order valence-corrected chi connectivity index (χ0v) is 15.7. The van der Waals surface area contributed by atoms with Crippen molar-refractivity contribution in [3.8, 4) is 5.75 Å². The molecule has 6 heteroatoms. The second-order valence-corrected chi connectivity index (χ2v) is 6.44. The molecule has 1 aliphatic heterocycles. The number of benzene rings is 1. The molecule has 142 valence electrons. The molecular weight excluding hydrogens is 344 g/mol. The number of nitrogens with zero attached hydrogens (tertiary/aromatic N) is 2. The first-order valence-electron chi connectivity index (χ1n) is 9.28. The van der Waals surface area contributed by atoms with Gasteiger partial charge in [0.25, 0.3) is 0 Å². The maximum Gasteiger partial charge on any atom is 0.342 e. The summed E-state index contributed by atoms with van der Waals surface area (Å²) in [5, 5.41) is 0. The lowest BCUT2D eigenvalue weighted by molar-refractivity contribution is 0.0319. The van der Waals surface area contributed by atoms with Gasteiger partial charge in [-0.1, -0.05) is 0 Å². The number of Topliss-reactive ketones (excluding diaryl/α,β-unsaturated/α-hetero) is 1. The number of esters is 1. The fourth-order valence-corrected chi connectivity index (χ4v) is 3.13. The predicted octanol–water partition coefficient (Wildman–Crippen LogP) is 3.51. The molecule has 0 bridgehead atoms. The second kappa shape index (κ2) is 8.66. The molecule has 1 atom stereocenters. The van der Waals surface area contributed by atoms with E-state index in [4.69, 9.17) is 9.47 Å². The molecule has 0 amide bonds. The molecule has 1 aromatic carbocycles. The minimum absolute atomic E-state index is 0.252. The number of aromatic nitrogens is 1. The highest BCUT2D eigenvalue weighted by Gasteiger charge is 2.25. The fourth-order valence-electron chi connectivity index (χ4n) is 3.13. The van der Waals surface area contributed by atoms with Crippen LogP contribution in [0.25, 0.3) is 0 Å². The van der Waals surface area contributed by atoms with Crippen LogP contribution in [0.4, 0.5) is 5.82 Å². The third-order valence-electron chi connectivity index (χ3n) is 4.52. The van der Waals surface area contributed by atoms with Crippen LogP contribution in [0.3, 0.4) is 0 Å². The molecule has 0 saturated carbocycles. The summed E-state index contributed by atoms with van der Waals surface area (Å²) in [6.45, 7) is 5.79. The standard InChI is InChI=1S/C21H24N2O4/c1-3-26-17-10-8-16(9-11-17)19(24)15(2)27-21(25)18-7-6-12-22-20(18)23-13-4-5-14-23/h6-12,15H,3-5,13-14H2,1-2H3. The molecule has 3 rings (SSSR count). The van der Waals surface area contributed by atoms with E-state index in [1.54, 1.807) is 49.5 Å². The maximum absolute atomic E-state index is 12.6. The number of ether oxygens (including phenoxy) is 2. The van der Waals surface area contributed by atoms with Crippen molar-refractivity contribution in [3.05, 3.63) is 53.7 Å². The number of pyridine rings is 1. The van der Waals surface area contributed by atoms with Gasteiger partial charge < -0.3 is 14.4 Å². The van der Waals surface area contributed by atoms with Crippen LogP contribution in [-0.4, -0.2) is 42.5 Å². The SMILES string of the molecule is CCOc1ccc(C(=O)C(C)OC(=O)c2cccnc2N2CCCC2)cc1. The van der Waals surface area contributed by atoms with Gasteiger partial charge in [-0.05, 0) is 63.1 Å². The van der Waals surface area contributed by atoms with Gasteiger partial charge >= 0.3 is 5.97 Å². The van der Waals surface area contributed by atoms with E-state index >= 15 is 0 Å². The lowest BCUT2D eigenvalue weighted by Crippen LogP contribution is -2.27. The zero-order chi connectivity index (χ0) is 19.2. The number of anilines is 1. The van der Waals surface area contributed by atoms with Crippen LogP contribution in [0.1, 0.15) is 47.4 Å². The second-order valence-electron chi connectivity index (χ2n) is 6.44. The van der Waals surface area contributed by atoms with Crippen LogP contribution in [0.5, 0.6) is 5.75 Å². The zero-order valence-electron chi connectivity index (χ0n) is 15.7. The van der Waals surface area contributed by atoms with Gasteiger partial charge in [0.15, 0.2) is 6.10 Å². The van der Waals surface area contributed by atoms with Crippen molar-refractivity contribution in [3.63, 3.8) is 0 Å². The molecule has 0 N–H and O–H groups in total. The highest BCUT2D eigenvalue weighted by atomic mass is 16.5. The molecule has 1 fully saturated rings. The van der Waals surface area contributed by atoms with E-state index in [2.05, 4.69) is 9.88 Å².